The van der Waals surface area contributed by atoms with Gasteiger partial charge in [0.15, 0.2) is 5.82 Å². The highest BCUT2D eigenvalue weighted by atomic mass is 19.1. The highest BCUT2D eigenvalue weighted by Gasteiger charge is 2.06. The van der Waals surface area contributed by atoms with Gasteiger partial charge in [-0.15, -0.1) is 0 Å². The van der Waals surface area contributed by atoms with Crippen LogP contribution in [-0.2, 0) is 6.42 Å². The highest BCUT2D eigenvalue weighted by Crippen LogP contribution is 2.16. The molecule has 0 spiro atoms. The van der Waals surface area contributed by atoms with Crippen LogP contribution in [0.25, 0.3) is 11.4 Å². The molecule has 0 aliphatic rings. The first-order chi connectivity index (χ1) is 8.69. The Hall–Kier alpha value is -1.81. The van der Waals surface area contributed by atoms with E-state index in [-0.39, 0.29) is 11.9 Å². The van der Waals surface area contributed by atoms with Crippen LogP contribution in [0.5, 0.6) is 0 Å². The van der Waals surface area contributed by atoms with Crippen molar-refractivity contribution in [3.05, 3.63) is 48.0 Å². The zero-order valence-electron chi connectivity index (χ0n) is 10.3. The van der Waals surface area contributed by atoms with Crippen molar-refractivity contribution in [3.63, 3.8) is 0 Å². The SMILES string of the molecule is CCC(N)Cc1ccnc(-c2cccc(F)c2)n1. The van der Waals surface area contributed by atoms with Crippen molar-refractivity contribution in [2.75, 3.05) is 0 Å². The van der Waals surface area contributed by atoms with Gasteiger partial charge in [0, 0.05) is 29.9 Å². The molecule has 3 nitrogen and oxygen atoms in total. The van der Waals surface area contributed by atoms with Gasteiger partial charge >= 0.3 is 0 Å². The quantitative estimate of drug-likeness (QED) is 0.900. The minimum atomic E-state index is -0.285. The molecule has 0 radical (unpaired) electrons. The Balaban J connectivity index is 2.27. The molecule has 0 amide bonds. The van der Waals surface area contributed by atoms with Gasteiger partial charge in [-0.2, -0.15) is 0 Å². The summed E-state index contributed by atoms with van der Waals surface area (Å²) in [6, 6.07) is 8.22. The lowest BCUT2D eigenvalue weighted by Crippen LogP contribution is -2.22. The Morgan fingerprint density at radius 2 is 2.17 bits per heavy atom. The Morgan fingerprint density at radius 1 is 1.33 bits per heavy atom. The monoisotopic (exact) mass is 245 g/mol. The van der Waals surface area contributed by atoms with Crippen molar-refractivity contribution in [1.29, 1.82) is 0 Å². The molecule has 2 rings (SSSR count). The zero-order chi connectivity index (χ0) is 13.0. The van der Waals surface area contributed by atoms with E-state index in [1.54, 1.807) is 18.3 Å². The molecule has 2 N–H and O–H groups in total. The molecule has 0 bridgehead atoms. The van der Waals surface area contributed by atoms with E-state index in [9.17, 15) is 4.39 Å². The third kappa shape index (κ3) is 3.11. The first kappa shape index (κ1) is 12.6. The van der Waals surface area contributed by atoms with Crippen LogP contribution in [0.3, 0.4) is 0 Å². The molecule has 0 fully saturated rings. The molecule has 0 aliphatic carbocycles. The summed E-state index contributed by atoms with van der Waals surface area (Å²) in [4.78, 5) is 8.58. The molecule has 1 atom stereocenters. The van der Waals surface area contributed by atoms with Gasteiger partial charge in [0.1, 0.15) is 5.82 Å². The van der Waals surface area contributed by atoms with Crippen LogP contribution in [-0.4, -0.2) is 16.0 Å². The van der Waals surface area contributed by atoms with E-state index in [1.807, 2.05) is 13.0 Å². The van der Waals surface area contributed by atoms with Crippen molar-refractivity contribution in [2.45, 2.75) is 25.8 Å². The number of hydrogen-bond acceptors (Lipinski definition) is 3. The molecule has 1 aromatic heterocycles. The van der Waals surface area contributed by atoms with Crippen molar-refractivity contribution < 1.29 is 4.39 Å². The third-order valence-corrected chi connectivity index (χ3v) is 2.79. The van der Waals surface area contributed by atoms with Crippen molar-refractivity contribution in [2.24, 2.45) is 5.73 Å². The van der Waals surface area contributed by atoms with Gasteiger partial charge in [-0.05, 0) is 24.6 Å². The lowest BCUT2D eigenvalue weighted by atomic mass is 10.1. The van der Waals surface area contributed by atoms with Crippen molar-refractivity contribution in [1.82, 2.24) is 9.97 Å². The standard InChI is InChI=1S/C14H16FN3/c1-2-12(16)9-13-6-7-17-14(18-13)10-4-3-5-11(15)8-10/h3-8,12H,2,9,16H2,1H3. The van der Waals surface area contributed by atoms with Crippen molar-refractivity contribution >= 4 is 0 Å². The fourth-order valence-electron chi connectivity index (χ4n) is 1.69. The number of hydrogen-bond donors (Lipinski definition) is 1. The van der Waals surface area contributed by atoms with E-state index in [0.717, 1.165) is 12.1 Å². The van der Waals surface area contributed by atoms with Crippen LogP contribution >= 0.6 is 0 Å². The summed E-state index contributed by atoms with van der Waals surface area (Å²) in [5, 5.41) is 0. The number of nitrogens with zero attached hydrogens (tertiary/aromatic N) is 2. The van der Waals surface area contributed by atoms with E-state index >= 15 is 0 Å². The maximum absolute atomic E-state index is 13.1. The van der Waals surface area contributed by atoms with E-state index in [1.165, 1.54) is 12.1 Å². The highest BCUT2D eigenvalue weighted by molar-refractivity contribution is 5.54. The normalized spacial score (nSPS) is 12.4. The Bertz CT molecular complexity index is 528. The molecule has 0 saturated carbocycles. The summed E-state index contributed by atoms with van der Waals surface area (Å²) in [5.41, 5.74) is 7.47. The molecule has 1 aromatic carbocycles. The number of benzene rings is 1. The van der Waals surface area contributed by atoms with Crippen LogP contribution in [0.4, 0.5) is 4.39 Å². The van der Waals surface area contributed by atoms with Gasteiger partial charge in [-0.3, -0.25) is 0 Å². The van der Waals surface area contributed by atoms with Gasteiger partial charge in [-0.25, -0.2) is 14.4 Å². The molecule has 18 heavy (non-hydrogen) atoms. The molecular formula is C14H16FN3. The van der Waals surface area contributed by atoms with Crippen LogP contribution in [0.1, 0.15) is 19.0 Å². The minimum absolute atomic E-state index is 0.0975. The van der Waals surface area contributed by atoms with E-state index in [4.69, 9.17) is 5.73 Å². The van der Waals surface area contributed by atoms with E-state index < -0.39 is 0 Å². The van der Waals surface area contributed by atoms with Gasteiger partial charge in [0.2, 0.25) is 0 Å². The van der Waals surface area contributed by atoms with Gasteiger partial charge in [0.25, 0.3) is 0 Å². The lowest BCUT2D eigenvalue weighted by Gasteiger charge is -2.08. The first-order valence-corrected chi connectivity index (χ1v) is 6.02. The summed E-state index contributed by atoms with van der Waals surface area (Å²) in [6.45, 7) is 2.04. The van der Waals surface area contributed by atoms with Crippen LogP contribution in [0.2, 0.25) is 0 Å². The first-order valence-electron chi connectivity index (χ1n) is 6.02. The summed E-state index contributed by atoms with van der Waals surface area (Å²) in [6.07, 6.45) is 3.30. The molecule has 1 heterocycles. The number of nitrogens with two attached hydrogens (primary N) is 1. The molecule has 0 saturated heterocycles. The van der Waals surface area contributed by atoms with Crippen LogP contribution in [0.15, 0.2) is 36.5 Å². The fraction of sp³-hybridized carbons (Fsp3) is 0.286. The maximum Gasteiger partial charge on any atom is 0.159 e. The average Bonchev–Trinajstić information content (AvgIpc) is 2.39. The predicted octanol–water partition coefficient (Wildman–Crippen LogP) is 2.56. The molecule has 1 unspecified atom stereocenters. The number of rotatable bonds is 4. The number of halogens is 1. The zero-order valence-corrected chi connectivity index (χ0v) is 10.3. The second-order valence-electron chi connectivity index (χ2n) is 4.25. The van der Waals surface area contributed by atoms with Crippen molar-refractivity contribution in [3.8, 4) is 11.4 Å². The smallest absolute Gasteiger partial charge is 0.159 e. The van der Waals surface area contributed by atoms with E-state index in [2.05, 4.69) is 9.97 Å². The second kappa shape index (κ2) is 5.69. The Labute approximate surface area is 106 Å². The topological polar surface area (TPSA) is 51.8 Å². The summed E-state index contributed by atoms with van der Waals surface area (Å²) >= 11 is 0. The van der Waals surface area contributed by atoms with Gasteiger partial charge < -0.3 is 5.73 Å². The molecule has 2 aromatic rings. The fourth-order valence-corrected chi connectivity index (χ4v) is 1.69. The maximum atomic E-state index is 13.1. The Kier molecular flexibility index (Phi) is 3.99. The molecule has 94 valence electrons. The summed E-state index contributed by atoms with van der Waals surface area (Å²) in [5.74, 6) is 0.252. The number of aromatic nitrogens is 2. The van der Waals surface area contributed by atoms with Gasteiger partial charge in [0.05, 0.1) is 0 Å². The van der Waals surface area contributed by atoms with Crippen LogP contribution < -0.4 is 5.73 Å². The van der Waals surface area contributed by atoms with E-state index in [0.29, 0.717) is 17.8 Å². The predicted molar refractivity (Wildman–Crippen MR) is 69.4 cm³/mol. The molecule has 4 heteroatoms. The lowest BCUT2D eigenvalue weighted by molar-refractivity contribution is 0.627. The summed E-state index contributed by atoms with van der Waals surface area (Å²) in [7, 11) is 0. The van der Waals surface area contributed by atoms with Gasteiger partial charge in [-0.1, -0.05) is 19.1 Å². The second-order valence-corrected chi connectivity index (χ2v) is 4.25. The van der Waals surface area contributed by atoms with Crippen LogP contribution in [0, 0.1) is 5.82 Å². The molecular weight excluding hydrogens is 229 g/mol. The average molecular weight is 245 g/mol. The Morgan fingerprint density at radius 3 is 2.89 bits per heavy atom. The minimum Gasteiger partial charge on any atom is -0.327 e. The molecule has 0 aliphatic heterocycles. The largest absolute Gasteiger partial charge is 0.327 e. The third-order valence-electron chi connectivity index (χ3n) is 2.79. The summed E-state index contributed by atoms with van der Waals surface area (Å²) < 4.78 is 13.1.